The van der Waals surface area contributed by atoms with Crippen molar-refractivity contribution in [2.45, 2.75) is 18.2 Å². The fourth-order valence-electron chi connectivity index (χ4n) is 1.46. The van der Waals surface area contributed by atoms with Crippen molar-refractivity contribution < 1.29 is 17.9 Å². The van der Waals surface area contributed by atoms with E-state index in [4.69, 9.17) is 4.74 Å². The Morgan fingerprint density at radius 1 is 1.45 bits per heavy atom. The summed E-state index contributed by atoms with van der Waals surface area (Å²) in [6.45, 7) is 2.65. The molecule has 114 valence electrons. The second kappa shape index (κ2) is 8.08. The lowest BCUT2D eigenvalue weighted by molar-refractivity contribution is -0.121. The number of nitrogens with one attached hydrogen (secondary N) is 2. The average molecular weight is 385 g/mol. The first-order chi connectivity index (χ1) is 9.36. The molecule has 0 saturated carbocycles. The van der Waals surface area contributed by atoms with Gasteiger partial charge in [0.15, 0.2) is 0 Å². The molecule has 2 N–H and O–H groups in total. The Bertz CT molecular complexity index is 557. The van der Waals surface area contributed by atoms with E-state index in [1.807, 2.05) is 0 Å². The number of carbonyl (C=O) groups is 1. The summed E-state index contributed by atoms with van der Waals surface area (Å²) in [5, 5.41) is 2.62. The molecular weight excluding hydrogens is 368 g/mol. The van der Waals surface area contributed by atoms with Crippen LogP contribution in [0.5, 0.6) is 0 Å². The molecular formula is C11H17BrN2O4S2. The molecule has 1 aromatic heterocycles. The van der Waals surface area contributed by atoms with Gasteiger partial charge in [0, 0.05) is 31.5 Å². The largest absolute Gasteiger partial charge is 0.383 e. The van der Waals surface area contributed by atoms with Crippen molar-refractivity contribution in [2.75, 3.05) is 26.8 Å². The predicted molar refractivity (Wildman–Crippen MR) is 81.4 cm³/mol. The second-order valence-corrected chi connectivity index (χ2v) is 8.33. The zero-order valence-corrected chi connectivity index (χ0v) is 14.5. The first kappa shape index (κ1) is 17.6. The summed E-state index contributed by atoms with van der Waals surface area (Å²) in [6, 6.07) is 1.56. The van der Waals surface area contributed by atoms with E-state index in [0.717, 1.165) is 3.79 Å². The van der Waals surface area contributed by atoms with Crippen molar-refractivity contribution in [3.05, 3.63) is 14.7 Å². The van der Waals surface area contributed by atoms with Gasteiger partial charge >= 0.3 is 0 Å². The smallest absolute Gasteiger partial charge is 0.241 e. The van der Waals surface area contributed by atoms with Crippen LogP contribution in [0.3, 0.4) is 0 Å². The quantitative estimate of drug-likeness (QED) is 0.660. The molecule has 1 aromatic rings. The molecule has 0 spiro atoms. The first-order valence-corrected chi connectivity index (χ1v) is 8.97. The molecule has 1 rings (SSSR count). The second-order valence-electron chi connectivity index (χ2n) is 3.96. The monoisotopic (exact) mass is 384 g/mol. The van der Waals surface area contributed by atoms with Gasteiger partial charge in [0.2, 0.25) is 15.9 Å². The number of hydrogen-bond donors (Lipinski definition) is 2. The molecule has 0 bridgehead atoms. The minimum atomic E-state index is -3.57. The number of rotatable bonds is 8. The highest BCUT2D eigenvalue weighted by Crippen LogP contribution is 2.29. The van der Waals surface area contributed by atoms with Crippen LogP contribution in [0.25, 0.3) is 0 Å². The molecule has 1 amide bonds. The van der Waals surface area contributed by atoms with Crippen LogP contribution in [0.2, 0.25) is 0 Å². The van der Waals surface area contributed by atoms with Crippen LogP contribution in [-0.2, 0) is 19.6 Å². The summed E-state index contributed by atoms with van der Waals surface area (Å²) >= 11 is 4.61. The van der Waals surface area contributed by atoms with Crippen LogP contribution in [-0.4, -0.2) is 41.1 Å². The van der Waals surface area contributed by atoms with Crippen LogP contribution in [0.1, 0.15) is 11.3 Å². The van der Waals surface area contributed by atoms with Crippen LogP contribution in [0, 0.1) is 6.92 Å². The van der Waals surface area contributed by atoms with Gasteiger partial charge in [0.1, 0.15) is 0 Å². The molecule has 0 aliphatic heterocycles. The highest BCUT2D eigenvalue weighted by molar-refractivity contribution is 9.11. The third-order valence-electron chi connectivity index (χ3n) is 2.40. The molecule has 0 saturated heterocycles. The van der Waals surface area contributed by atoms with Crippen molar-refractivity contribution >= 4 is 43.2 Å². The Morgan fingerprint density at radius 3 is 2.70 bits per heavy atom. The fraction of sp³-hybridized carbons (Fsp3) is 0.545. The minimum absolute atomic E-state index is 0.0635. The summed E-state index contributed by atoms with van der Waals surface area (Å²) in [7, 11) is -2.02. The highest BCUT2D eigenvalue weighted by Gasteiger charge is 2.19. The molecule has 20 heavy (non-hydrogen) atoms. The topological polar surface area (TPSA) is 84.5 Å². The molecule has 0 fully saturated rings. The Morgan fingerprint density at radius 2 is 2.15 bits per heavy atom. The summed E-state index contributed by atoms with van der Waals surface area (Å²) in [5.41, 5.74) is 0. The van der Waals surface area contributed by atoms with Gasteiger partial charge in [-0.05, 0) is 28.9 Å². The van der Waals surface area contributed by atoms with E-state index in [1.54, 1.807) is 20.1 Å². The fourth-order valence-corrected chi connectivity index (χ4v) is 4.90. The van der Waals surface area contributed by atoms with E-state index in [0.29, 0.717) is 18.0 Å². The summed E-state index contributed by atoms with van der Waals surface area (Å²) in [6.07, 6.45) is 0.0906. The maximum atomic E-state index is 12.0. The van der Waals surface area contributed by atoms with Crippen LogP contribution in [0.15, 0.2) is 14.7 Å². The molecule has 0 unspecified atom stereocenters. The number of carbonyl (C=O) groups excluding carboxylic acids is 1. The SMILES string of the molecule is COCCNC(=O)CCNS(=O)(=O)c1cc(Br)sc1C. The summed E-state index contributed by atoms with van der Waals surface area (Å²) in [4.78, 5) is 12.4. The van der Waals surface area contributed by atoms with Crippen molar-refractivity contribution in [3.63, 3.8) is 0 Å². The standard InChI is InChI=1S/C11H17BrN2O4S2/c1-8-9(7-10(12)19-8)20(16,17)14-4-3-11(15)13-5-6-18-2/h7,14H,3-6H2,1-2H3,(H,13,15). The third kappa shape index (κ3) is 5.49. The lowest BCUT2D eigenvalue weighted by Crippen LogP contribution is -2.32. The number of sulfonamides is 1. The van der Waals surface area contributed by atoms with Gasteiger partial charge in [-0.3, -0.25) is 4.79 Å². The molecule has 0 aliphatic rings. The highest BCUT2D eigenvalue weighted by atomic mass is 79.9. The van der Waals surface area contributed by atoms with Gasteiger partial charge in [-0.2, -0.15) is 0 Å². The lowest BCUT2D eigenvalue weighted by Gasteiger charge is -2.07. The number of aryl methyl sites for hydroxylation is 1. The van der Waals surface area contributed by atoms with E-state index < -0.39 is 10.0 Å². The molecule has 6 nitrogen and oxygen atoms in total. The number of ether oxygens (including phenoxy) is 1. The van der Waals surface area contributed by atoms with E-state index in [9.17, 15) is 13.2 Å². The molecule has 0 atom stereocenters. The van der Waals surface area contributed by atoms with Crippen molar-refractivity contribution in [2.24, 2.45) is 0 Å². The number of halogens is 1. The summed E-state index contributed by atoms with van der Waals surface area (Å²) in [5.74, 6) is -0.215. The summed E-state index contributed by atoms with van der Waals surface area (Å²) < 4.78 is 32.0. The number of amides is 1. The lowest BCUT2D eigenvalue weighted by atomic mass is 10.4. The van der Waals surface area contributed by atoms with E-state index in [2.05, 4.69) is 26.0 Å². The van der Waals surface area contributed by atoms with Gasteiger partial charge in [-0.25, -0.2) is 13.1 Å². The van der Waals surface area contributed by atoms with Gasteiger partial charge in [-0.1, -0.05) is 0 Å². The Labute approximate surface area is 131 Å². The van der Waals surface area contributed by atoms with E-state index >= 15 is 0 Å². The Hall–Kier alpha value is -0.480. The van der Waals surface area contributed by atoms with Crippen molar-refractivity contribution in [1.82, 2.24) is 10.0 Å². The van der Waals surface area contributed by atoms with E-state index in [1.165, 1.54) is 11.3 Å². The average Bonchev–Trinajstić information content (AvgIpc) is 2.69. The van der Waals surface area contributed by atoms with Crippen LogP contribution in [0.4, 0.5) is 0 Å². The first-order valence-electron chi connectivity index (χ1n) is 5.88. The zero-order chi connectivity index (χ0) is 15.2. The number of hydrogen-bond acceptors (Lipinski definition) is 5. The maximum Gasteiger partial charge on any atom is 0.241 e. The van der Waals surface area contributed by atoms with Crippen LogP contribution >= 0.6 is 27.3 Å². The normalized spacial score (nSPS) is 11.6. The van der Waals surface area contributed by atoms with Crippen LogP contribution < -0.4 is 10.0 Å². The Balaban J connectivity index is 2.45. The van der Waals surface area contributed by atoms with Gasteiger partial charge in [0.05, 0.1) is 15.3 Å². The van der Waals surface area contributed by atoms with Crippen molar-refractivity contribution in [1.29, 1.82) is 0 Å². The molecule has 0 aromatic carbocycles. The Kier molecular flexibility index (Phi) is 7.10. The van der Waals surface area contributed by atoms with Crippen molar-refractivity contribution in [3.8, 4) is 0 Å². The molecule has 9 heteroatoms. The van der Waals surface area contributed by atoms with Gasteiger partial charge in [-0.15, -0.1) is 11.3 Å². The minimum Gasteiger partial charge on any atom is -0.383 e. The number of thiophene rings is 1. The van der Waals surface area contributed by atoms with Gasteiger partial charge < -0.3 is 10.1 Å². The van der Waals surface area contributed by atoms with E-state index in [-0.39, 0.29) is 23.8 Å². The number of methoxy groups -OCH3 is 1. The molecule has 0 radical (unpaired) electrons. The zero-order valence-electron chi connectivity index (χ0n) is 11.2. The maximum absolute atomic E-state index is 12.0. The molecule has 1 heterocycles. The van der Waals surface area contributed by atoms with Gasteiger partial charge in [0.25, 0.3) is 0 Å². The third-order valence-corrected chi connectivity index (χ3v) is 5.67. The predicted octanol–water partition coefficient (Wildman–Crippen LogP) is 1.25. The molecule has 0 aliphatic carbocycles.